The minimum Gasteiger partial charge on any atom is -0.497 e. The van der Waals surface area contributed by atoms with E-state index >= 15 is 0 Å². The van der Waals surface area contributed by atoms with Crippen molar-refractivity contribution in [3.05, 3.63) is 126 Å². The number of rotatable bonds is 12. The maximum atomic E-state index is 13.5. The normalized spacial score (nSPS) is 11.9. The molecule has 0 heterocycles. The highest BCUT2D eigenvalue weighted by molar-refractivity contribution is 8.08. The van der Waals surface area contributed by atoms with Gasteiger partial charge in [-0.15, -0.1) is 0 Å². The van der Waals surface area contributed by atoms with Crippen LogP contribution in [-0.2, 0) is 19.7 Å². The van der Waals surface area contributed by atoms with Crippen molar-refractivity contribution in [3.63, 3.8) is 0 Å². The zero-order chi connectivity index (χ0) is 27.7. The number of hydrogen-bond acceptors (Lipinski definition) is 6. The first-order valence-electron chi connectivity index (χ1n) is 12.2. The fourth-order valence-electron chi connectivity index (χ4n) is 4.38. The molecule has 4 rings (SSSR count). The van der Waals surface area contributed by atoms with Gasteiger partial charge < -0.3 is 23.6 Å². The number of anilines is 1. The Morgan fingerprint density at radius 1 is 0.769 bits per heavy atom. The van der Waals surface area contributed by atoms with E-state index in [0.717, 1.165) is 22.4 Å². The van der Waals surface area contributed by atoms with Crippen molar-refractivity contribution in [2.75, 3.05) is 32.4 Å². The minimum atomic E-state index is -2.41. The van der Waals surface area contributed by atoms with Crippen molar-refractivity contribution in [1.29, 1.82) is 0 Å². The van der Waals surface area contributed by atoms with Crippen LogP contribution in [0, 0.1) is 0 Å². The molecule has 6 nitrogen and oxygen atoms in total. The fourth-order valence-corrected chi connectivity index (χ4v) is 4.99. The lowest BCUT2D eigenvalue weighted by Gasteiger charge is -2.38. The molecule has 0 aromatic heterocycles. The monoisotopic (exact) mass is 565 g/mol. The van der Waals surface area contributed by atoms with Crippen molar-refractivity contribution in [2.24, 2.45) is 0 Å². The van der Waals surface area contributed by atoms with Gasteiger partial charge in [0.05, 0.1) is 14.2 Å². The van der Waals surface area contributed by atoms with E-state index in [9.17, 15) is 8.99 Å². The third-order valence-corrected chi connectivity index (χ3v) is 6.93. The topological polar surface area (TPSA) is 57.2 Å². The highest BCUT2D eigenvalue weighted by Gasteiger charge is 2.38. The summed E-state index contributed by atoms with van der Waals surface area (Å²) in [6, 6.07) is 34.6. The smallest absolute Gasteiger partial charge is 0.330 e. The second-order valence-corrected chi connectivity index (χ2v) is 10.5. The minimum absolute atomic E-state index is 0.00681. The summed E-state index contributed by atoms with van der Waals surface area (Å²) < 4.78 is 36.0. The molecular weight excluding hydrogens is 535 g/mol. The summed E-state index contributed by atoms with van der Waals surface area (Å²) in [5.41, 5.74) is 2.24. The van der Waals surface area contributed by atoms with E-state index < -0.39 is 19.7 Å². The maximum absolute atomic E-state index is 13.5. The molecule has 0 saturated heterocycles. The van der Waals surface area contributed by atoms with E-state index in [1.54, 1.807) is 19.1 Å². The summed E-state index contributed by atoms with van der Waals surface area (Å²) in [5, 5.41) is 0. The fraction of sp³-hybridized carbons (Fsp3) is 0.167. The summed E-state index contributed by atoms with van der Waals surface area (Å²) in [6.07, 6.45) is 0. The van der Waals surface area contributed by atoms with Crippen molar-refractivity contribution in [2.45, 2.75) is 5.60 Å². The molecule has 9 heteroatoms. The first-order chi connectivity index (χ1) is 19.0. The molecule has 0 amide bonds. The van der Waals surface area contributed by atoms with Crippen LogP contribution in [0.25, 0.3) is 0 Å². The molecule has 0 radical (unpaired) electrons. The molecule has 0 bridgehead atoms. The van der Waals surface area contributed by atoms with Gasteiger partial charge in [-0.25, -0.2) is 4.79 Å². The zero-order valence-corrected chi connectivity index (χ0v) is 23.7. The van der Waals surface area contributed by atoms with Gasteiger partial charge >= 0.3 is 5.97 Å². The van der Waals surface area contributed by atoms with E-state index in [2.05, 4.69) is 0 Å². The Morgan fingerprint density at radius 3 is 1.69 bits per heavy atom. The van der Waals surface area contributed by atoms with Crippen LogP contribution in [0.5, 0.6) is 11.5 Å². The lowest BCUT2D eigenvalue weighted by atomic mass is 9.80. The Bertz CT molecular complexity index is 1280. The Balaban J connectivity index is 1.83. The maximum Gasteiger partial charge on any atom is 0.330 e. The summed E-state index contributed by atoms with van der Waals surface area (Å²) in [5.74, 6) is 0.735. The Morgan fingerprint density at radius 2 is 1.23 bits per heavy atom. The number of ether oxygens (including phenoxy) is 3. The molecule has 0 aliphatic rings. The highest BCUT2D eigenvalue weighted by atomic mass is 32.0. The predicted molar refractivity (Wildman–Crippen MR) is 156 cm³/mol. The number of halogens is 1. The molecule has 0 spiro atoms. The van der Waals surface area contributed by atoms with Gasteiger partial charge in [0.15, 0.2) is 0 Å². The number of para-hydroxylation sites is 1. The summed E-state index contributed by atoms with van der Waals surface area (Å²) in [6.45, 7) is -0.204. The molecule has 202 valence electrons. The lowest BCUT2D eigenvalue weighted by Crippen LogP contribution is -2.40. The first kappa shape index (κ1) is 28.5. The average molecular weight is 566 g/mol. The van der Waals surface area contributed by atoms with Crippen molar-refractivity contribution in [1.82, 2.24) is 0 Å². The molecule has 2 unspecified atom stereocenters. The van der Waals surface area contributed by atoms with Gasteiger partial charge in [-0.05, 0) is 62.0 Å². The number of hydrogen-bond donors (Lipinski definition) is 0. The van der Waals surface area contributed by atoms with Gasteiger partial charge in [0.25, 0.3) is 8.15 Å². The van der Waals surface area contributed by atoms with Crippen LogP contribution in [0.4, 0.5) is 9.88 Å². The number of carbonyl (C=O) groups excluding carboxylic acids is 1. The largest absolute Gasteiger partial charge is 0.497 e. The zero-order valence-electron chi connectivity index (χ0n) is 21.7. The second kappa shape index (κ2) is 13.5. The summed E-state index contributed by atoms with van der Waals surface area (Å²) in [7, 11) is 2.71. The average Bonchev–Trinajstić information content (AvgIpc) is 2.98. The van der Waals surface area contributed by atoms with Crippen molar-refractivity contribution in [3.8, 4) is 11.5 Å². The van der Waals surface area contributed by atoms with E-state index in [1.165, 1.54) is 0 Å². The molecule has 0 saturated carbocycles. The number of carbonyl (C=O) groups is 1. The van der Waals surface area contributed by atoms with Gasteiger partial charge in [-0.1, -0.05) is 72.8 Å². The van der Waals surface area contributed by atoms with Gasteiger partial charge in [-0.3, -0.25) is 0 Å². The van der Waals surface area contributed by atoms with Crippen LogP contribution in [0.3, 0.4) is 0 Å². The molecule has 2 atom stereocenters. The van der Waals surface area contributed by atoms with Gasteiger partial charge in [0.2, 0.25) is 0 Å². The molecular formula is C30H30FNO5P2. The van der Waals surface area contributed by atoms with Crippen molar-refractivity contribution < 1.29 is 27.7 Å². The van der Waals surface area contributed by atoms with Crippen LogP contribution in [0.1, 0.15) is 16.7 Å². The molecule has 39 heavy (non-hydrogen) atoms. The molecule has 0 aliphatic carbocycles. The molecule has 0 aliphatic heterocycles. The highest BCUT2D eigenvalue weighted by Crippen LogP contribution is 2.47. The van der Waals surface area contributed by atoms with Gasteiger partial charge in [-0.2, -0.15) is 4.20 Å². The second-order valence-electron chi connectivity index (χ2n) is 8.55. The Kier molecular flexibility index (Phi) is 9.89. The van der Waals surface area contributed by atoms with Crippen LogP contribution >= 0.6 is 17.1 Å². The number of nitrogens with zero attached hydrogens (tertiary/aromatic N) is 1. The van der Waals surface area contributed by atoms with Crippen LogP contribution in [-0.4, -0.2) is 33.5 Å². The van der Waals surface area contributed by atoms with Crippen LogP contribution < -0.4 is 14.4 Å². The van der Waals surface area contributed by atoms with Gasteiger partial charge in [0, 0.05) is 5.69 Å². The first-order valence-corrected chi connectivity index (χ1v) is 14.9. The molecule has 4 aromatic carbocycles. The summed E-state index contributed by atoms with van der Waals surface area (Å²) >= 11 is 0. The summed E-state index contributed by atoms with van der Waals surface area (Å²) in [4.78, 5) is 14.2. The van der Waals surface area contributed by atoms with E-state index in [1.807, 2.05) is 118 Å². The van der Waals surface area contributed by atoms with Crippen LogP contribution in [0.2, 0.25) is 0 Å². The van der Waals surface area contributed by atoms with E-state index in [0.29, 0.717) is 11.5 Å². The Hall–Kier alpha value is -3.50. The van der Waals surface area contributed by atoms with Crippen molar-refractivity contribution >= 4 is 28.7 Å². The molecule has 0 fully saturated rings. The van der Waals surface area contributed by atoms with E-state index in [4.69, 9.17) is 18.7 Å². The SMILES string of the molecule is COc1ccc(C(OCN(CC(=O)OP(F)P)c2ccccc2)(c2ccccc2)c2ccc(OC)cc2)cc1. The Labute approximate surface area is 231 Å². The van der Waals surface area contributed by atoms with Gasteiger partial charge in [0.1, 0.15) is 30.4 Å². The number of methoxy groups -OCH3 is 2. The van der Waals surface area contributed by atoms with Crippen LogP contribution in [0.15, 0.2) is 109 Å². The quantitative estimate of drug-likeness (QED) is 0.104. The standard InChI is InChI=1S/C30H30FNO5P2/c1-34-27-17-13-24(14-18-27)30(23-9-5-3-6-10-23,25-15-19-28(35-2)20-16-25)36-22-32(21-29(33)37-39(31)38)26-11-7-4-8-12-26/h3-20H,21-22,38H2,1-2H3. The lowest BCUT2D eigenvalue weighted by molar-refractivity contribution is -0.132. The third kappa shape index (κ3) is 6.93. The molecule has 0 N–H and O–H groups in total. The third-order valence-electron chi connectivity index (χ3n) is 6.24. The molecule has 4 aromatic rings. The predicted octanol–water partition coefficient (Wildman–Crippen LogP) is 7.09. The number of benzene rings is 4. The van der Waals surface area contributed by atoms with E-state index in [-0.39, 0.29) is 13.3 Å².